The maximum atomic E-state index is 11.9. The first-order chi connectivity index (χ1) is 21.6. The Labute approximate surface area is 335 Å². The number of nitrogens with one attached hydrogen (secondary N) is 3. The number of hydrogen-bond acceptors (Lipinski definition) is 11. The number of ether oxygens (including phenoxy) is 2. The number of anilines is 2. The van der Waals surface area contributed by atoms with Crippen molar-refractivity contribution in [1.29, 1.82) is 0 Å². The molecule has 0 spiro atoms. The molecule has 12 nitrogen and oxygen atoms in total. The smallest absolute Gasteiger partial charge is 1.00 e. The monoisotopic (exact) mass is 767 g/mol. The van der Waals surface area contributed by atoms with Crippen LogP contribution in [-0.2, 0) is 21.3 Å². The second-order valence-corrected chi connectivity index (χ2v) is 14.1. The van der Waals surface area contributed by atoms with Gasteiger partial charge in [0.1, 0.15) is 5.69 Å². The van der Waals surface area contributed by atoms with Gasteiger partial charge in [0.15, 0.2) is 0 Å². The van der Waals surface area contributed by atoms with Crippen molar-refractivity contribution in [2.75, 3.05) is 104 Å². The third kappa shape index (κ3) is 17.4. The SMILES string of the molecule is CC[NH+](C)C.CNC.COc1ncc(-c2nc(N3CCOCC3)nc3c(CN(C)C)c(C)sc23)cc1NS(C)(=O)=O.FB(F)CCl.[F-].[K+]. The Hall–Kier alpha value is -0.839. The van der Waals surface area contributed by atoms with Gasteiger partial charge >= 0.3 is 58.7 Å². The minimum atomic E-state index is -3.52. The number of thiophene rings is 1. The van der Waals surface area contributed by atoms with Gasteiger partial charge in [0, 0.05) is 41.8 Å². The second kappa shape index (κ2) is 25.2. The Morgan fingerprint density at radius 1 is 1.21 bits per heavy atom. The van der Waals surface area contributed by atoms with Crippen molar-refractivity contribution >= 4 is 62.1 Å². The first-order valence-corrected chi connectivity index (χ1v) is 17.9. The Morgan fingerprint density at radius 3 is 2.19 bits per heavy atom. The van der Waals surface area contributed by atoms with E-state index in [-0.39, 0.29) is 67.7 Å². The van der Waals surface area contributed by atoms with E-state index in [0.29, 0.717) is 43.5 Å². The molecule has 4 rings (SSSR count). The topological polar surface area (TPSA) is 126 Å². The maximum Gasteiger partial charge on any atom is 1.00 e. The molecule has 1 aliphatic rings. The van der Waals surface area contributed by atoms with E-state index in [0.717, 1.165) is 28.6 Å². The summed E-state index contributed by atoms with van der Waals surface area (Å²) in [5, 5.41) is 2.75. The zero-order chi connectivity index (χ0) is 35.0. The number of sulfonamides is 1. The molecule has 1 aliphatic heterocycles. The van der Waals surface area contributed by atoms with Gasteiger partial charge in [-0.15, -0.1) is 22.9 Å². The Morgan fingerprint density at radius 2 is 1.75 bits per heavy atom. The van der Waals surface area contributed by atoms with E-state index in [1.807, 2.05) is 28.2 Å². The van der Waals surface area contributed by atoms with Crippen LogP contribution < -0.4 is 80.7 Å². The minimum absolute atomic E-state index is 0. The van der Waals surface area contributed by atoms with Gasteiger partial charge in [-0.2, -0.15) is 0 Å². The second-order valence-electron chi connectivity index (χ2n) is 10.8. The van der Waals surface area contributed by atoms with E-state index in [1.165, 1.54) is 23.4 Å². The Kier molecular flexibility index (Phi) is 25.8. The van der Waals surface area contributed by atoms with Gasteiger partial charge in [-0.25, -0.2) is 23.4 Å². The maximum absolute atomic E-state index is 11.9. The fraction of sp³-hybridized carbons (Fsp3) is 0.607. The first-order valence-electron chi connectivity index (χ1n) is 14.6. The number of aromatic nitrogens is 3. The number of nitrogens with zero attached hydrogens (tertiary/aromatic N) is 5. The molecule has 1 saturated heterocycles. The van der Waals surface area contributed by atoms with E-state index >= 15 is 0 Å². The van der Waals surface area contributed by atoms with Crippen LogP contribution in [0.15, 0.2) is 12.3 Å². The van der Waals surface area contributed by atoms with Crippen LogP contribution in [0.1, 0.15) is 17.4 Å². The molecule has 48 heavy (non-hydrogen) atoms. The summed E-state index contributed by atoms with van der Waals surface area (Å²) in [4.78, 5) is 21.1. The summed E-state index contributed by atoms with van der Waals surface area (Å²) < 4.78 is 59.3. The van der Waals surface area contributed by atoms with Crippen LogP contribution in [0.4, 0.5) is 20.3 Å². The number of rotatable bonds is 9. The summed E-state index contributed by atoms with van der Waals surface area (Å²) in [5.74, 6) is 0.269. The van der Waals surface area contributed by atoms with Crippen LogP contribution >= 0.6 is 22.9 Å². The molecular weight excluding hydrogens is 719 g/mol. The molecule has 3 N–H and O–H groups in total. The van der Waals surface area contributed by atoms with Crippen molar-refractivity contribution in [3.8, 4) is 17.1 Å². The number of hydrogen-bond donors (Lipinski definition) is 3. The molecule has 4 heterocycles. The first kappa shape index (κ1) is 49.3. The predicted octanol–water partition coefficient (Wildman–Crippen LogP) is -3.47. The van der Waals surface area contributed by atoms with Gasteiger partial charge in [0.2, 0.25) is 21.9 Å². The molecular formula is C28H49BClF3KN8O4S2+. The summed E-state index contributed by atoms with van der Waals surface area (Å²) in [7, 11) is 7.67. The number of pyridine rings is 1. The molecule has 0 saturated carbocycles. The van der Waals surface area contributed by atoms with Crippen molar-refractivity contribution in [3.05, 3.63) is 22.7 Å². The Balaban J connectivity index is 0. The van der Waals surface area contributed by atoms with Crippen molar-refractivity contribution in [3.63, 3.8) is 0 Å². The average molecular weight is 768 g/mol. The molecule has 1 fully saturated rings. The summed E-state index contributed by atoms with van der Waals surface area (Å²) in [5.41, 5.74) is 3.73. The quantitative estimate of drug-likeness (QED) is 0.150. The van der Waals surface area contributed by atoms with Gasteiger partial charge in [-0.05, 0) is 48.1 Å². The van der Waals surface area contributed by atoms with Gasteiger partial charge in [-0.1, -0.05) is 0 Å². The van der Waals surface area contributed by atoms with E-state index in [4.69, 9.17) is 19.4 Å². The fourth-order valence-electron chi connectivity index (χ4n) is 3.74. The van der Waals surface area contributed by atoms with E-state index in [1.54, 1.807) is 23.6 Å². The van der Waals surface area contributed by atoms with Crippen LogP contribution in [-0.4, -0.2) is 130 Å². The molecule has 0 radical (unpaired) electrons. The zero-order valence-electron chi connectivity index (χ0n) is 29.9. The molecule has 0 bridgehead atoms. The zero-order valence-corrected chi connectivity index (χ0v) is 35.4. The fourth-order valence-corrected chi connectivity index (χ4v) is 5.40. The molecule has 0 amide bonds. The summed E-state index contributed by atoms with van der Waals surface area (Å²) in [6.07, 6.45) is 2.74. The van der Waals surface area contributed by atoms with Crippen LogP contribution in [0.5, 0.6) is 5.88 Å². The van der Waals surface area contributed by atoms with E-state index < -0.39 is 23.1 Å². The third-order valence-corrected chi connectivity index (χ3v) is 7.99. The van der Waals surface area contributed by atoms with Crippen molar-refractivity contribution < 1.29 is 87.5 Å². The number of methoxy groups -OCH3 is 1. The molecule has 0 aromatic carbocycles. The molecule has 0 unspecified atom stereocenters. The summed E-state index contributed by atoms with van der Waals surface area (Å²) in [6.45, 7) is 8.89. The number of aryl methyl sites for hydroxylation is 1. The summed E-state index contributed by atoms with van der Waals surface area (Å²) >= 11 is 6.22. The normalized spacial score (nSPS) is 12.4. The van der Waals surface area contributed by atoms with E-state index in [9.17, 15) is 17.0 Å². The van der Waals surface area contributed by atoms with Crippen LogP contribution in [0, 0.1) is 6.92 Å². The average Bonchev–Trinajstić information content (AvgIpc) is 3.31. The van der Waals surface area contributed by atoms with Crippen LogP contribution in [0.3, 0.4) is 0 Å². The molecule has 3 aromatic rings. The number of morpholine rings is 1. The van der Waals surface area contributed by atoms with Crippen molar-refractivity contribution in [2.24, 2.45) is 0 Å². The largest absolute Gasteiger partial charge is 1.00 e. The molecule has 20 heteroatoms. The van der Waals surface area contributed by atoms with E-state index in [2.05, 4.69) is 64.4 Å². The van der Waals surface area contributed by atoms with Gasteiger partial charge in [-0.3, -0.25) is 13.4 Å². The Bertz CT molecular complexity index is 1450. The molecule has 3 aromatic heterocycles. The van der Waals surface area contributed by atoms with Crippen molar-refractivity contribution in [1.82, 2.24) is 25.2 Å². The number of alkyl halides is 1. The minimum Gasteiger partial charge on any atom is -1.00 e. The van der Waals surface area contributed by atoms with Crippen molar-refractivity contribution in [2.45, 2.75) is 20.4 Å². The molecule has 0 atom stereocenters. The van der Waals surface area contributed by atoms with Gasteiger partial charge < -0.3 is 34.2 Å². The van der Waals surface area contributed by atoms with Crippen LogP contribution in [0.25, 0.3) is 21.5 Å². The van der Waals surface area contributed by atoms with Gasteiger partial charge in [0.25, 0.3) is 0 Å². The standard InChI is InChI=1S/C21H28N6O4S2.C4H11N.C2H7N.CH2BClF2.FH.K/c1-13-15(12-26(2)3)18-19(32-13)17(23-21(24-18)27-6-8-31-9-7-27)14-10-16(25-33(5,28)29)20(30-4)22-11-14;1-4-5(2)3;1-3-2;3-1-2(4)5;;/h10-11,25H,6-9,12H2,1-5H3;4H2,1-3H3;3H,1-2H3;1H2;1H;/q;;;;;+1. The predicted molar refractivity (Wildman–Crippen MR) is 188 cm³/mol. The van der Waals surface area contributed by atoms with Crippen LogP contribution in [0.2, 0.25) is 0 Å². The molecule has 0 aliphatic carbocycles. The molecule has 268 valence electrons. The number of quaternary nitrogens is 1. The summed E-state index contributed by atoms with van der Waals surface area (Å²) in [6, 6.07) is 1.71. The number of halogens is 4. The number of fused-ring (bicyclic) bond motifs is 1. The third-order valence-electron chi connectivity index (χ3n) is 6.03. The van der Waals surface area contributed by atoms with Gasteiger partial charge in [0.05, 0.1) is 68.9 Å².